The summed E-state index contributed by atoms with van der Waals surface area (Å²) in [5, 5.41) is 0. The molecule has 1 atom stereocenters. The van der Waals surface area contributed by atoms with Crippen LogP contribution in [-0.2, 0) is 14.3 Å². The van der Waals surface area contributed by atoms with E-state index in [-0.39, 0.29) is 12.0 Å². The Bertz CT molecular complexity index is 210. The summed E-state index contributed by atoms with van der Waals surface area (Å²) in [7, 11) is 7.25. The van der Waals surface area contributed by atoms with Crippen molar-refractivity contribution in [2.45, 2.75) is 19.4 Å². The molecule has 0 saturated carbocycles. The molecule has 0 N–H and O–H groups in total. The second-order valence-electron chi connectivity index (χ2n) is 4.35. The zero-order chi connectivity index (χ0) is 13.3. The summed E-state index contributed by atoms with van der Waals surface area (Å²) >= 11 is 0. The van der Waals surface area contributed by atoms with Gasteiger partial charge in [0.15, 0.2) is 0 Å². The van der Waals surface area contributed by atoms with Gasteiger partial charge >= 0.3 is 0 Å². The van der Waals surface area contributed by atoms with Crippen LogP contribution < -0.4 is 0 Å². The lowest BCUT2D eigenvalue weighted by Crippen LogP contribution is -2.41. The third-order valence-electron chi connectivity index (χ3n) is 2.61. The van der Waals surface area contributed by atoms with Crippen molar-refractivity contribution in [2.75, 3.05) is 54.6 Å². The molecule has 0 fully saturated rings. The van der Waals surface area contributed by atoms with Crippen LogP contribution in [0.5, 0.6) is 0 Å². The molecule has 0 rings (SSSR count). The molecule has 0 heterocycles. The van der Waals surface area contributed by atoms with E-state index >= 15 is 0 Å². The first-order valence-corrected chi connectivity index (χ1v) is 5.98. The highest BCUT2D eigenvalue weighted by Gasteiger charge is 2.19. The highest BCUT2D eigenvalue weighted by atomic mass is 16.5. The summed E-state index contributed by atoms with van der Waals surface area (Å²) in [4.78, 5) is 15.9. The Balaban J connectivity index is 4.16. The van der Waals surface area contributed by atoms with Crippen LogP contribution in [0.4, 0.5) is 0 Å². The summed E-state index contributed by atoms with van der Waals surface area (Å²) in [6.45, 7) is 4.67. The van der Waals surface area contributed by atoms with Gasteiger partial charge in [0, 0.05) is 27.3 Å². The average Bonchev–Trinajstić information content (AvgIpc) is 2.31. The number of ether oxygens (including phenoxy) is 2. The first-order chi connectivity index (χ1) is 8.02. The van der Waals surface area contributed by atoms with E-state index in [0.29, 0.717) is 13.2 Å². The molecule has 0 aliphatic rings. The molecule has 0 radical (unpaired) electrons. The van der Waals surface area contributed by atoms with Crippen LogP contribution in [0, 0.1) is 0 Å². The van der Waals surface area contributed by atoms with E-state index in [1.165, 1.54) is 0 Å². The van der Waals surface area contributed by atoms with Gasteiger partial charge in [-0.15, -0.1) is 0 Å². The molecule has 0 spiro atoms. The Morgan fingerprint density at radius 1 is 1.18 bits per heavy atom. The minimum Gasteiger partial charge on any atom is -0.383 e. The Morgan fingerprint density at radius 3 is 2.29 bits per heavy atom. The van der Waals surface area contributed by atoms with Crippen molar-refractivity contribution in [2.24, 2.45) is 0 Å². The van der Waals surface area contributed by atoms with Crippen LogP contribution in [0.1, 0.15) is 13.3 Å². The standard InChI is InChI=1S/C12H26N2O3/c1-11(17-5)12(15)14(9-10-16-4)8-6-7-13(2)3/h11H,6-10H2,1-5H3. The molecule has 0 aliphatic heterocycles. The van der Waals surface area contributed by atoms with Crippen molar-refractivity contribution in [3.63, 3.8) is 0 Å². The summed E-state index contributed by atoms with van der Waals surface area (Å²) in [5.41, 5.74) is 0. The zero-order valence-corrected chi connectivity index (χ0v) is 11.7. The van der Waals surface area contributed by atoms with E-state index in [9.17, 15) is 4.79 Å². The van der Waals surface area contributed by atoms with E-state index in [1.54, 1.807) is 26.0 Å². The van der Waals surface area contributed by atoms with E-state index in [2.05, 4.69) is 4.90 Å². The molecule has 1 amide bonds. The Morgan fingerprint density at radius 2 is 1.82 bits per heavy atom. The molecule has 5 nitrogen and oxygen atoms in total. The van der Waals surface area contributed by atoms with Gasteiger partial charge < -0.3 is 19.3 Å². The number of carbonyl (C=O) groups excluding carboxylic acids is 1. The quantitative estimate of drug-likeness (QED) is 0.592. The fourth-order valence-electron chi connectivity index (χ4n) is 1.47. The predicted octanol–water partition coefficient (Wildman–Crippen LogP) is 0.448. The van der Waals surface area contributed by atoms with Crippen molar-refractivity contribution < 1.29 is 14.3 Å². The van der Waals surface area contributed by atoms with E-state index < -0.39 is 0 Å². The first-order valence-electron chi connectivity index (χ1n) is 5.98. The number of nitrogens with zero attached hydrogens (tertiary/aromatic N) is 2. The summed E-state index contributed by atoms with van der Waals surface area (Å²) < 4.78 is 10.1. The van der Waals surface area contributed by atoms with Gasteiger partial charge in [-0.05, 0) is 34.0 Å². The molecule has 0 bridgehead atoms. The third-order valence-corrected chi connectivity index (χ3v) is 2.61. The number of rotatable bonds is 9. The van der Waals surface area contributed by atoms with Crippen LogP contribution in [0.15, 0.2) is 0 Å². The van der Waals surface area contributed by atoms with Crippen molar-refractivity contribution >= 4 is 5.91 Å². The summed E-state index contributed by atoms with van der Waals surface area (Å²) in [6.07, 6.45) is 0.574. The van der Waals surface area contributed by atoms with E-state index in [4.69, 9.17) is 9.47 Å². The van der Waals surface area contributed by atoms with Gasteiger partial charge in [0.05, 0.1) is 6.61 Å². The molecule has 1 unspecified atom stereocenters. The van der Waals surface area contributed by atoms with Gasteiger partial charge in [0.25, 0.3) is 5.91 Å². The maximum absolute atomic E-state index is 12.0. The molecule has 5 heteroatoms. The van der Waals surface area contributed by atoms with Gasteiger partial charge in [-0.25, -0.2) is 0 Å². The number of methoxy groups -OCH3 is 2. The predicted molar refractivity (Wildman–Crippen MR) is 68.1 cm³/mol. The number of hydrogen-bond acceptors (Lipinski definition) is 4. The lowest BCUT2D eigenvalue weighted by atomic mass is 10.3. The van der Waals surface area contributed by atoms with Gasteiger partial charge in [-0.2, -0.15) is 0 Å². The minimum atomic E-state index is -0.383. The van der Waals surface area contributed by atoms with Gasteiger partial charge in [0.2, 0.25) is 0 Å². The molecule has 0 aromatic carbocycles. The molecule has 0 aromatic heterocycles. The lowest BCUT2D eigenvalue weighted by molar-refractivity contribution is -0.141. The van der Waals surface area contributed by atoms with Gasteiger partial charge in [-0.1, -0.05) is 0 Å². The monoisotopic (exact) mass is 246 g/mol. The zero-order valence-electron chi connectivity index (χ0n) is 11.7. The van der Waals surface area contributed by atoms with Crippen molar-refractivity contribution in [3.05, 3.63) is 0 Å². The molecule has 0 saturated heterocycles. The smallest absolute Gasteiger partial charge is 0.251 e. The summed E-state index contributed by atoms with van der Waals surface area (Å²) in [6, 6.07) is 0. The van der Waals surface area contributed by atoms with Crippen molar-refractivity contribution in [1.82, 2.24) is 9.80 Å². The van der Waals surface area contributed by atoms with Crippen LogP contribution in [0.2, 0.25) is 0 Å². The Kier molecular flexibility index (Phi) is 9.03. The Labute approximate surface area is 105 Å². The normalized spacial score (nSPS) is 12.8. The number of amides is 1. The fourth-order valence-corrected chi connectivity index (χ4v) is 1.47. The molecular weight excluding hydrogens is 220 g/mol. The highest BCUT2D eigenvalue weighted by molar-refractivity contribution is 5.80. The Hall–Kier alpha value is -0.650. The topological polar surface area (TPSA) is 42.0 Å². The largest absolute Gasteiger partial charge is 0.383 e. The van der Waals surface area contributed by atoms with Crippen molar-refractivity contribution in [3.8, 4) is 0 Å². The maximum atomic E-state index is 12.0. The SMILES string of the molecule is COCCN(CCCN(C)C)C(=O)C(C)OC. The van der Waals surface area contributed by atoms with Gasteiger partial charge in [0.1, 0.15) is 6.10 Å². The maximum Gasteiger partial charge on any atom is 0.251 e. The first kappa shape index (κ1) is 16.4. The second-order valence-corrected chi connectivity index (χ2v) is 4.35. The third kappa shape index (κ3) is 7.31. The molecule has 17 heavy (non-hydrogen) atoms. The molecule has 0 aromatic rings. The number of hydrogen-bond donors (Lipinski definition) is 0. The second kappa shape index (κ2) is 9.39. The van der Waals surface area contributed by atoms with Gasteiger partial charge in [-0.3, -0.25) is 4.79 Å². The fraction of sp³-hybridized carbons (Fsp3) is 0.917. The van der Waals surface area contributed by atoms with E-state index in [1.807, 2.05) is 14.1 Å². The van der Waals surface area contributed by atoms with Crippen LogP contribution in [0.3, 0.4) is 0 Å². The van der Waals surface area contributed by atoms with E-state index in [0.717, 1.165) is 19.5 Å². The van der Waals surface area contributed by atoms with Crippen LogP contribution in [-0.4, -0.2) is 76.4 Å². The average molecular weight is 246 g/mol. The lowest BCUT2D eigenvalue weighted by Gasteiger charge is -2.25. The summed E-state index contributed by atoms with van der Waals surface area (Å²) in [5.74, 6) is 0.0308. The molecule has 102 valence electrons. The van der Waals surface area contributed by atoms with Crippen LogP contribution in [0.25, 0.3) is 0 Å². The highest BCUT2D eigenvalue weighted by Crippen LogP contribution is 2.00. The minimum absolute atomic E-state index is 0.0308. The molecular formula is C12H26N2O3. The van der Waals surface area contributed by atoms with Crippen molar-refractivity contribution in [1.29, 1.82) is 0 Å². The number of carbonyl (C=O) groups is 1. The van der Waals surface area contributed by atoms with Crippen LogP contribution >= 0.6 is 0 Å². The molecule has 0 aliphatic carbocycles.